The van der Waals surface area contributed by atoms with Crippen LogP contribution >= 0.6 is 46.9 Å². The number of hydrogen-bond donors (Lipinski definition) is 2. The molecule has 0 radical (unpaired) electrons. The molecule has 0 amide bonds. The molecule has 0 aliphatic heterocycles. The minimum Gasteiger partial charge on any atom is -0.352 e. The Balaban J connectivity index is 0.00000243. The number of rotatable bonds is 5. The highest BCUT2D eigenvalue weighted by Crippen LogP contribution is 2.21. The summed E-state index contributed by atoms with van der Waals surface area (Å²) in [6.07, 6.45) is 0. The number of nitrogens with zero attached hydrogens (tertiary/aromatic N) is 2. The highest BCUT2D eigenvalue weighted by atomic mass is 127. The van der Waals surface area contributed by atoms with Gasteiger partial charge in [-0.3, -0.25) is 4.99 Å². The van der Waals surface area contributed by atoms with Crippen LogP contribution in [0.3, 0.4) is 0 Å². The van der Waals surface area contributed by atoms with E-state index in [1.54, 1.807) is 18.4 Å². The topological polar surface area (TPSA) is 49.3 Å². The molecule has 3 rings (SSSR count). The molecule has 0 aliphatic carbocycles. The Bertz CT molecular complexity index is 852. The molecule has 2 N–H and O–H groups in total. The minimum atomic E-state index is 0. The van der Waals surface area contributed by atoms with E-state index in [1.807, 2.05) is 42.5 Å². The first-order chi connectivity index (χ1) is 12.2. The van der Waals surface area contributed by atoms with Crippen molar-refractivity contribution < 1.29 is 0 Å². The fourth-order valence-electron chi connectivity index (χ4n) is 2.35. The van der Waals surface area contributed by atoms with E-state index in [9.17, 15) is 0 Å². The Morgan fingerprint density at radius 2 is 1.85 bits per heavy atom. The van der Waals surface area contributed by atoms with Gasteiger partial charge in [0, 0.05) is 29.6 Å². The summed E-state index contributed by atoms with van der Waals surface area (Å²) in [5, 5.41) is 10.4. The van der Waals surface area contributed by atoms with Crippen molar-refractivity contribution in [1.29, 1.82) is 0 Å². The Morgan fingerprint density at radius 3 is 2.58 bits per heavy atom. The molecule has 0 atom stereocenters. The predicted octanol–water partition coefficient (Wildman–Crippen LogP) is 4.95. The number of halogens is 2. The molecule has 0 aliphatic rings. The molecule has 136 valence electrons. The van der Waals surface area contributed by atoms with Gasteiger partial charge in [0.05, 0.1) is 12.2 Å². The van der Waals surface area contributed by atoms with Crippen molar-refractivity contribution in [3.05, 3.63) is 75.6 Å². The Kier molecular flexibility index (Phi) is 8.34. The summed E-state index contributed by atoms with van der Waals surface area (Å²) in [4.78, 5) is 8.92. The lowest BCUT2D eigenvalue weighted by Crippen LogP contribution is -2.36. The molecular formula is C19H20ClIN4S. The molecule has 0 saturated carbocycles. The molecule has 1 aromatic heterocycles. The van der Waals surface area contributed by atoms with Gasteiger partial charge in [-0.05, 0) is 17.7 Å². The van der Waals surface area contributed by atoms with Gasteiger partial charge < -0.3 is 10.6 Å². The van der Waals surface area contributed by atoms with Crippen molar-refractivity contribution in [3.8, 4) is 11.3 Å². The fourth-order valence-corrected chi connectivity index (χ4v) is 3.30. The number of aliphatic imine (C=N–C) groups is 1. The molecule has 1 heterocycles. The Morgan fingerprint density at radius 1 is 1.08 bits per heavy atom. The maximum Gasteiger partial charge on any atom is 0.191 e. The van der Waals surface area contributed by atoms with E-state index in [0.29, 0.717) is 13.1 Å². The van der Waals surface area contributed by atoms with Crippen molar-refractivity contribution >= 4 is 52.9 Å². The summed E-state index contributed by atoms with van der Waals surface area (Å²) in [6.45, 7) is 1.29. The van der Waals surface area contributed by atoms with Crippen molar-refractivity contribution in [1.82, 2.24) is 15.6 Å². The summed E-state index contributed by atoms with van der Waals surface area (Å²) in [7, 11) is 1.75. The summed E-state index contributed by atoms with van der Waals surface area (Å²) in [6, 6.07) is 18.0. The fraction of sp³-hybridized carbons (Fsp3) is 0.158. The normalized spacial score (nSPS) is 10.9. The lowest BCUT2D eigenvalue weighted by molar-refractivity contribution is 0.805. The van der Waals surface area contributed by atoms with Gasteiger partial charge in [-0.1, -0.05) is 54.1 Å². The Hall–Kier alpha value is -1.64. The van der Waals surface area contributed by atoms with Crippen LogP contribution in [0.25, 0.3) is 11.3 Å². The predicted molar refractivity (Wildman–Crippen MR) is 121 cm³/mol. The van der Waals surface area contributed by atoms with Gasteiger partial charge in [0.15, 0.2) is 5.96 Å². The van der Waals surface area contributed by atoms with Crippen LogP contribution in [0, 0.1) is 0 Å². The molecule has 26 heavy (non-hydrogen) atoms. The van der Waals surface area contributed by atoms with Gasteiger partial charge in [0.2, 0.25) is 0 Å². The average molecular weight is 499 g/mol. The number of nitrogens with one attached hydrogen (secondary N) is 2. The van der Waals surface area contributed by atoms with Gasteiger partial charge in [0.25, 0.3) is 0 Å². The van der Waals surface area contributed by atoms with Gasteiger partial charge in [0.1, 0.15) is 5.01 Å². The van der Waals surface area contributed by atoms with E-state index in [2.05, 4.69) is 38.1 Å². The molecular weight excluding hydrogens is 479 g/mol. The van der Waals surface area contributed by atoms with Crippen LogP contribution in [0.2, 0.25) is 5.02 Å². The Labute approximate surface area is 179 Å². The number of guanidine groups is 1. The van der Waals surface area contributed by atoms with E-state index >= 15 is 0 Å². The molecule has 2 aromatic carbocycles. The summed E-state index contributed by atoms with van der Waals surface area (Å²) in [5.41, 5.74) is 3.24. The number of thiazole rings is 1. The van der Waals surface area contributed by atoms with Crippen LogP contribution < -0.4 is 10.6 Å². The maximum absolute atomic E-state index is 6.01. The summed E-state index contributed by atoms with van der Waals surface area (Å²) >= 11 is 7.65. The first kappa shape index (κ1) is 20.7. The first-order valence-corrected chi connectivity index (χ1v) is 9.19. The highest BCUT2D eigenvalue weighted by Gasteiger charge is 2.05. The van der Waals surface area contributed by atoms with Crippen LogP contribution in [0.5, 0.6) is 0 Å². The third kappa shape index (κ3) is 5.96. The van der Waals surface area contributed by atoms with Crippen molar-refractivity contribution in [2.75, 3.05) is 7.05 Å². The van der Waals surface area contributed by atoms with Crippen molar-refractivity contribution in [2.24, 2.45) is 4.99 Å². The monoisotopic (exact) mass is 498 g/mol. The molecule has 0 saturated heterocycles. The molecule has 7 heteroatoms. The van der Waals surface area contributed by atoms with E-state index in [4.69, 9.17) is 11.6 Å². The zero-order valence-electron chi connectivity index (χ0n) is 14.3. The standard InChI is InChI=1S/C19H19ClN4S.HI/c1-21-19(22-11-14-6-5-9-16(20)10-14)23-12-18-24-17(13-25-18)15-7-3-2-4-8-15;/h2-10,13H,11-12H2,1H3,(H2,21,22,23);1H. The second kappa shape index (κ2) is 10.5. The molecule has 0 bridgehead atoms. The third-order valence-electron chi connectivity index (χ3n) is 3.60. The number of aromatic nitrogens is 1. The molecule has 3 aromatic rings. The third-order valence-corrected chi connectivity index (χ3v) is 4.68. The second-order valence-electron chi connectivity index (χ2n) is 5.40. The quantitative estimate of drug-likeness (QED) is 0.297. The highest BCUT2D eigenvalue weighted by molar-refractivity contribution is 14.0. The van der Waals surface area contributed by atoms with Crippen LogP contribution in [0.4, 0.5) is 0 Å². The molecule has 0 unspecified atom stereocenters. The smallest absolute Gasteiger partial charge is 0.191 e. The minimum absolute atomic E-state index is 0. The maximum atomic E-state index is 6.01. The van der Waals surface area contributed by atoms with Gasteiger partial charge >= 0.3 is 0 Å². The van der Waals surface area contributed by atoms with Crippen LogP contribution in [-0.2, 0) is 13.1 Å². The zero-order chi connectivity index (χ0) is 17.5. The van der Waals surface area contributed by atoms with E-state index in [-0.39, 0.29) is 24.0 Å². The lowest BCUT2D eigenvalue weighted by atomic mass is 10.2. The summed E-state index contributed by atoms with van der Waals surface area (Å²) in [5.74, 6) is 0.733. The first-order valence-electron chi connectivity index (χ1n) is 7.93. The average Bonchev–Trinajstić information content (AvgIpc) is 3.12. The summed E-state index contributed by atoms with van der Waals surface area (Å²) < 4.78 is 0. The van der Waals surface area contributed by atoms with Crippen molar-refractivity contribution in [3.63, 3.8) is 0 Å². The van der Waals surface area contributed by atoms with Crippen LogP contribution in [0.1, 0.15) is 10.6 Å². The van der Waals surface area contributed by atoms with E-state index in [1.165, 1.54) is 0 Å². The van der Waals surface area contributed by atoms with Gasteiger partial charge in [-0.2, -0.15) is 0 Å². The lowest BCUT2D eigenvalue weighted by Gasteiger charge is -2.11. The number of benzene rings is 2. The van der Waals surface area contributed by atoms with Gasteiger partial charge in [-0.25, -0.2) is 4.98 Å². The zero-order valence-corrected chi connectivity index (χ0v) is 18.2. The SMILES string of the molecule is CN=C(NCc1cccc(Cl)c1)NCc1nc(-c2ccccc2)cs1.I. The van der Waals surface area contributed by atoms with Crippen LogP contribution in [0.15, 0.2) is 65.0 Å². The molecule has 4 nitrogen and oxygen atoms in total. The largest absolute Gasteiger partial charge is 0.352 e. The molecule has 0 fully saturated rings. The van der Waals surface area contributed by atoms with Crippen LogP contribution in [-0.4, -0.2) is 18.0 Å². The second-order valence-corrected chi connectivity index (χ2v) is 6.78. The van der Waals surface area contributed by atoms with E-state index < -0.39 is 0 Å². The molecule has 0 spiro atoms. The van der Waals surface area contributed by atoms with Crippen molar-refractivity contribution in [2.45, 2.75) is 13.1 Å². The van der Waals surface area contributed by atoms with Gasteiger partial charge in [-0.15, -0.1) is 35.3 Å². The van der Waals surface area contributed by atoms with E-state index in [0.717, 1.165) is 32.8 Å². The number of hydrogen-bond acceptors (Lipinski definition) is 3.